The molecular weight excluding hydrogens is 292 g/mol. The molecule has 3 aliphatic rings. The third kappa shape index (κ3) is 4.18. The predicted octanol–water partition coefficient (Wildman–Crippen LogP) is 7.10. The Hall–Kier alpha value is -0.920. The van der Waals surface area contributed by atoms with Crippen LogP contribution in [-0.4, -0.2) is 10.2 Å². The number of hydrogen-bond acceptors (Lipinski definition) is 0. The molecule has 3 rings (SSSR count). The van der Waals surface area contributed by atoms with Crippen LogP contribution >= 0.6 is 0 Å². The summed E-state index contributed by atoms with van der Waals surface area (Å²) in [5.74, 6) is 0.663. The molecule has 0 aromatic rings. The summed E-state index contributed by atoms with van der Waals surface area (Å²) in [7, 11) is 0. The highest BCUT2D eigenvalue weighted by Gasteiger charge is 2.48. The SMILES string of the molecule is [N-]=[N+]1C2=CCCCCCC1(C1CCCC=CCCCCC1)CCC2. The number of rotatable bonds is 1. The number of fused-ring (bicyclic) bond motifs is 2. The summed E-state index contributed by atoms with van der Waals surface area (Å²) in [6.07, 6.45) is 27.3. The molecule has 2 nitrogen and oxygen atoms in total. The van der Waals surface area contributed by atoms with Gasteiger partial charge in [-0.3, -0.25) is 4.70 Å². The van der Waals surface area contributed by atoms with Crippen LogP contribution in [0.25, 0.3) is 5.53 Å². The van der Waals surface area contributed by atoms with E-state index in [-0.39, 0.29) is 5.54 Å². The minimum Gasteiger partial charge on any atom is -0.500 e. The summed E-state index contributed by atoms with van der Waals surface area (Å²) in [5, 5.41) is 0. The van der Waals surface area contributed by atoms with Gasteiger partial charge in [0.2, 0.25) is 0 Å². The van der Waals surface area contributed by atoms with E-state index < -0.39 is 0 Å². The molecule has 2 unspecified atom stereocenters. The van der Waals surface area contributed by atoms with Gasteiger partial charge in [-0.05, 0) is 70.3 Å². The normalized spacial score (nSPS) is 33.6. The summed E-state index contributed by atoms with van der Waals surface area (Å²) in [6.45, 7) is 0. The van der Waals surface area contributed by atoms with Crippen LogP contribution in [-0.2, 0) is 0 Å². The topological polar surface area (TPSA) is 25.3 Å². The van der Waals surface area contributed by atoms with Gasteiger partial charge in [-0.1, -0.05) is 31.4 Å². The van der Waals surface area contributed by atoms with Gasteiger partial charge in [-0.2, -0.15) is 0 Å². The number of piperidine rings is 1. The number of hydrogen-bond donors (Lipinski definition) is 0. The molecule has 0 spiro atoms. The fraction of sp³-hybridized carbons (Fsp3) is 0.818. The molecule has 2 atom stereocenters. The second-order valence-electron chi connectivity index (χ2n) is 8.30. The van der Waals surface area contributed by atoms with Crippen LogP contribution in [0.5, 0.6) is 0 Å². The molecule has 24 heavy (non-hydrogen) atoms. The van der Waals surface area contributed by atoms with Gasteiger partial charge in [0.15, 0.2) is 11.2 Å². The van der Waals surface area contributed by atoms with E-state index in [1.807, 2.05) is 0 Å². The molecule has 2 heterocycles. The molecule has 2 bridgehead atoms. The molecule has 2 heteroatoms. The minimum absolute atomic E-state index is 0.0339. The zero-order valence-electron chi connectivity index (χ0n) is 15.5. The van der Waals surface area contributed by atoms with Gasteiger partial charge >= 0.3 is 0 Å². The van der Waals surface area contributed by atoms with Gasteiger partial charge < -0.3 is 5.53 Å². The van der Waals surface area contributed by atoms with E-state index in [0.717, 1.165) is 12.8 Å². The summed E-state index contributed by atoms with van der Waals surface area (Å²) < 4.78 is 1.79. The Labute approximate surface area is 148 Å². The van der Waals surface area contributed by atoms with Gasteiger partial charge in [-0.25, -0.2) is 0 Å². The molecule has 134 valence electrons. The first-order valence-corrected chi connectivity index (χ1v) is 10.7. The molecule has 2 aliphatic heterocycles. The van der Waals surface area contributed by atoms with E-state index >= 15 is 0 Å². The summed E-state index contributed by atoms with van der Waals surface area (Å²) >= 11 is 0. The van der Waals surface area contributed by atoms with Crippen LogP contribution in [0, 0.1) is 5.92 Å². The van der Waals surface area contributed by atoms with E-state index in [4.69, 9.17) is 0 Å². The van der Waals surface area contributed by atoms with Gasteiger partial charge in [0.25, 0.3) is 0 Å². The average molecular weight is 329 g/mol. The zero-order chi connectivity index (χ0) is 16.7. The predicted molar refractivity (Wildman–Crippen MR) is 101 cm³/mol. The molecule has 0 aromatic heterocycles. The second-order valence-corrected chi connectivity index (χ2v) is 8.30. The van der Waals surface area contributed by atoms with Gasteiger partial charge in [-0.15, -0.1) is 0 Å². The number of nitrogens with zero attached hydrogens (tertiary/aromatic N) is 2. The highest BCUT2D eigenvalue weighted by atomic mass is 15.3. The quantitative estimate of drug-likeness (QED) is 0.362. The Kier molecular flexibility index (Phi) is 6.68. The third-order valence-electron chi connectivity index (χ3n) is 6.70. The summed E-state index contributed by atoms with van der Waals surface area (Å²) in [6, 6.07) is 0. The Morgan fingerprint density at radius 1 is 0.792 bits per heavy atom. The first kappa shape index (κ1) is 17.9. The molecule has 0 radical (unpaired) electrons. The van der Waals surface area contributed by atoms with Crippen molar-refractivity contribution in [1.82, 2.24) is 0 Å². The molecule has 1 saturated heterocycles. The van der Waals surface area contributed by atoms with Crippen molar-refractivity contribution in [3.05, 3.63) is 29.5 Å². The Balaban J connectivity index is 1.82. The molecule has 1 aliphatic carbocycles. The second kappa shape index (κ2) is 8.97. The van der Waals surface area contributed by atoms with Gasteiger partial charge in [0.1, 0.15) is 0 Å². The Bertz CT molecular complexity index is 476. The van der Waals surface area contributed by atoms with Crippen molar-refractivity contribution < 1.29 is 4.70 Å². The fourth-order valence-electron chi connectivity index (χ4n) is 5.32. The van der Waals surface area contributed by atoms with Crippen molar-refractivity contribution in [1.29, 1.82) is 0 Å². The lowest BCUT2D eigenvalue weighted by Crippen LogP contribution is -2.49. The van der Waals surface area contributed by atoms with Crippen LogP contribution in [0.3, 0.4) is 0 Å². The maximum absolute atomic E-state index is 11.2. The lowest BCUT2D eigenvalue weighted by molar-refractivity contribution is -0.609. The maximum Gasteiger partial charge on any atom is 0.166 e. The van der Waals surface area contributed by atoms with Crippen molar-refractivity contribution in [3.63, 3.8) is 0 Å². The lowest BCUT2D eigenvalue weighted by atomic mass is 9.69. The monoisotopic (exact) mass is 328 g/mol. The van der Waals surface area contributed by atoms with E-state index in [1.54, 1.807) is 4.70 Å². The Morgan fingerprint density at radius 2 is 1.50 bits per heavy atom. The maximum atomic E-state index is 11.2. The molecule has 1 fully saturated rings. The van der Waals surface area contributed by atoms with Crippen molar-refractivity contribution in [2.45, 2.75) is 108 Å². The zero-order valence-corrected chi connectivity index (χ0v) is 15.5. The van der Waals surface area contributed by atoms with Crippen molar-refractivity contribution in [3.8, 4) is 0 Å². The first-order chi connectivity index (χ1) is 11.8. The van der Waals surface area contributed by atoms with Crippen LogP contribution in [0.1, 0.15) is 103 Å². The molecular formula is C22H36N2. The number of allylic oxidation sites excluding steroid dienone is 4. The minimum atomic E-state index is 0.0339. The van der Waals surface area contributed by atoms with Crippen LogP contribution in [0.15, 0.2) is 23.9 Å². The van der Waals surface area contributed by atoms with Crippen molar-refractivity contribution in [2.75, 3.05) is 0 Å². The van der Waals surface area contributed by atoms with Crippen LogP contribution in [0.2, 0.25) is 0 Å². The standard InChI is InChI=1S/C22H36N2/c23-24-21-16-11-7-8-12-18-22(24,19-13-17-21)20-14-9-5-3-1-2-4-6-10-15-20/h1,3,16,20H,2,4-15,17-19H2. The first-order valence-electron chi connectivity index (χ1n) is 10.7. The smallest absolute Gasteiger partial charge is 0.166 e. The largest absolute Gasteiger partial charge is 0.500 e. The molecule has 0 saturated carbocycles. The molecule has 0 amide bonds. The lowest BCUT2D eigenvalue weighted by Gasteiger charge is -2.43. The highest BCUT2D eigenvalue weighted by Crippen LogP contribution is 2.45. The van der Waals surface area contributed by atoms with E-state index in [9.17, 15) is 5.53 Å². The van der Waals surface area contributed by atoms with Gasteiger partial charge in [0, 0.05) is 25.2 Å². The highest BCUT2D eigenvalue weighted by molar-refractivity contribution is 5.02. The van der Waals surface area contributed by atoms with Crippen LogP contribution in [0.4, 0.5) is 0 Å². The molecule has 0 aromatic carbocycles. The van der Waals surface area contributed by atoms with Gasteiger partial charge in [0.05, 0.1) is 0 Å². The Morgan fingerprint density at radius 3 is 2.42 bits per heavy atom. The average Bonchev–Trinajstić information content (AvgIpc) is 2.65. The fourth-order valence-corrected chi connectivity index (χ4v) is 5.32. The molecule has 0 N–H and O–H groups in total. The summed E-state index contributed by atoms with van der Waals surface area (Å²) in [5.41, 5.74) is 12.5. The third-order valence-corrected chi connectivity index (χ3v) is 6.70. The van der Waals surface area contributed by atoms with Crippen molar-refractivity contribution >= 4 is 0 Å². The van der Waals surface area contributed by atoms with Crippen molar-refractivity contribution in [2.24, 2.45) is 5.92 Å². The summed E-state index contributed by atoms with van der Waals surface area (Å²) in [4.78, 5) is 0. The van der Waals surface area contributed by atoms with E-state index in [0.29, 0.717) is 5.92 Å². The van der Waals surface area contributed by atoms with E-state index in [1.165, 1.54) is 95.6 Å². The van der Waals surface area contributed by atoms with Crippen LogP contribution < -0.4 is 0 Å². The van der Waals surface area contributed by atoms with E-state index in [2.05, 4.69) is 18.2 Å².